The van der Waals surface area contributed by atoms with Crippen LogP contribution in [0, 0.1) is 18.3 Å². The second-order valence-electron chi connectivity index (χ2n) is 6.37. The van der Waals surface area contributed by atoms with Crippen molar-refractivity contribution in [1.82, 2.24) is 4.31 Å². The molecule has 0 spiro atoms. The first-order chi connectivity index (χ1) is 13.4. The number of carbonyl (C=O) groups is 1. The van der Waals surface area contributed by atoms with Crippen molar-refractivity contribution in [2.75, 3.05) is 31.6 Å². The highest BCUT2D eigenvalue weighted by molar-refractivity contribution is 7.89. The van der Waals surface area contributed by atoms with Crippen LogP contribution in [0.15, 0.2) is 29.2 Å². The number of carbonyl (C=O) groups excluding carboxylic acids is 1. The van der Waals surface area contributed by atoms with Crippen molar-refractivity contribution in [2.24, 2.45) is 0 Å². The Hall–Kier alpha value is -2.25. The number of ether oxygens (including phenoxy) is 1. The summed E-state index contributed by atoms with van der Waals surface area (Å²) in [7, 11) is -3.71. The van der Waals surface area contributed by atoms with E-state index in [4.69, 9.17) is 4.74 Å². The van der Waals surface area contributed by atoms with E-state index in [1.807, 2.05) is 6.92 Å². The normalized spacial score (nSPS) is 15.2. The topological polar surface area (TPSA) is 99.5 Å². The lowest BCUT2D eigenvalue weighted by molar-refractivity contribution is 0.0730. The monoisotopic (exact) mass is 419 g/mol. The van der Waals surface area contributed by atoms with E-state index in [2.05, 4.69) is 11.4 Å². The van der Waals surface area contributed by atoms with Gasteiger partial charge in [0.05, 0.1) is 23.7 Å². The number of aryl methyl sites for hydroxylation is 2. The predicted molar refractivity (Wildman–Crippen MR) is 107 cm³/mol. The van der Waals surface area contributed by atoms with Crippen molar-refractivity contribution in [2.45, 2.75) is 25.2 Å². The third-order valence-corrected chi connectivity index (χ3v) is 7.75. The number of sulfonamides is 1. The van der Waals surface area contributed by atoms with E-state index < -0.39 is 15.9 Å². The van der Waals surface area contributed by atoms with E-state index in [1.165, 1.54) is 21.7 Å². The van der Waals surface area contributed by atoms with Gasteiger partial charge in [-0.3, -0.25) is 4.79 Å². The van der Waals surface area contributed by atoms with Gasteiger partial charge in [0.15, 0.2) is 0 Å². The van der Waals surface area contributed by atoms with Crippen molar-refractivity contribution in [3.8, 4) is 6.07 Å². The van der Waals surface area contributed by atoms with E-state index >= 15 is 0 Å². The van der Waals surface area contributed by atoms with Gasteiger partial charge in [0.1, 0.15) is 11.1 Å². The maximum atomic E-state index is 13.0. The Bertz CT molecular complexity index is 1030. The first-order valence-corrected chi connectivity index (χ1v) is 11.1. The Balaban J connectivity index is 1.90. The van der Waals surface area contributed by atoms with Crippen LogP contribution in [0.1, 0.15) is 33.3 Å². The number of nitriles is 1. The number of rotatable bonds is 5. The minimum atomic E-state index is -3.71. The fourth-order valence-corrected chi connectivity index (χ4v) is 5.51. The zero-order valence-corrected chi connectivity index (χ0v) is 17.3. The van der Waals surface area contributed by atoms with Gasteiger partial charge in [-0.1, -0.05) is 13.0 Å². The lowest BCUT2D eigenvalue weighted by atomic mass is 10.1. The number of hydrogen-bond acceptors (Lipinski definition) is 6. The van der Waals surface area contributed by atoms with E-state index in [0.29, 0.717) is 42.4 Å². The molecule has 1 aromatic heterocycles. The zero-order chi connectivity index (χ0) is 20.3. The second kappa shape index (κ2) is 8.41. The van der Waals surface area contributed by atoms with Gasteiger partial charge in [0, 0.05) is 23.5 Å². The van der Waals surface area contributed by atoms with Crippen molar-refractivity contribution >= 4 is 32.3 Å². The summed E-state index contributed by atoms with van der Waals surface area (Å²) in [6.45, 7) is 4.97. The molecule has 7 nitrogen and oxygen atoms in total. The SMILES string of the molecule is CCc1cc(C#N)c(NC(=O)c2ccc(C)c(S(=O)(=O)N3CCOCC3)c2)s1. The first-order valence-electron chi connectivity index (χ1n) is 8.89. The highest BCUT2D eigenvalue weighted by atomic mass is 32.2. The van der Waals surface area contributed by atoms with Crippen molar-refractivity contribution < 1.29 is 17.9 Å². The van der Waals surface area contributed by atoms with E-state index in [-0.39, 0.29) is 10.5 Å². The van der Waals surface area contributed by atoms with Crippen LogP contribution in [-0.2, 0) is 21.2 Å². The van der Waals surface area contributed by atoms with Crippen molar-refractivity contribution in [3.63, 3.8) is 0 Å². The largest absolute Gasteiger partial charge is 0.379 e. The standard InChI is InChI=1S/C19H21N3O4S2/c1-3-16-10-15(12-20)19(27-16)21-18(23)14-5-4-13(2)17(11-14)28(24,25)22-6-8-26-9-7-22/h4-5,10-11H,3,6-9H2,1-2H3,(H,21,23). The van der Waals surface area contributed by atoms with Gasteiger partial charge in [-0.25, -0.2) is 8.42 Å². The van der Waals surface area contributed by atoms with Gasteiger partial charge in [-0.2, -0.15) is 9.57 Å². The average molecular weight is 420 g/mol. The molecule has 1 amide bonds. The van der Waals surface area contributed by atoms with Gasteiger partial charge >= 0.3 is 0 Å². The fraction of sp³-hybridized carbons (Fsp3) is 0.368. The number of nitrogens with one attached hydrogen (secondary N) is 1. The Morgan fingerprint density at radius 3 is 2.68 bits per heavy atom. The van der Waals surface area contributed by atoms with Crippen LogP contribution >= 0.6 is 11.3 Å². The highest BCUT2D eigenvalue weighted by Crippen LogP contribution is 2.29. The second-order valence-corrected chi connectivity index (χ2v) is 9.41. The number of thiophene rings is 1. The molecular formula is C19H21N3O4S2. The minimum absolute atomic E-state index is 0.114. The lowest BCUT2D eigenvalue weighted by Gasteiger charge is -2.26. The summed E-state index contributed by atoms with van der Waals surface area (Å²) in [6.07, 6.45) is 0.766. The molecule has 1 saturated heterocycles. The molecule has 148 valence electrons. The number of nitrogens with zero attached hydrogens (tertiary/aromatic N) is 2. The molecule has 0 atom stereocenters. The average Bonchev–Trinajstić information content (AvgIpc) is 3.10. The van der Waals surface area contributed by atoms with E-state index in [1.54, 1.807) is 25.1 Å². The van der Waals surface area contributed by atoms with Gasteiger partial charge in [-0.15, -0.1) is 11.3 Å². The molecule has 1 aromatic carbocycles. The number of hydrogen-bond donors (Lipinski definition) is 1. The lowest BCUT2D eigenvalue weighted by Crippen LogP contribution is -2.40. The molecule has 0 unspecified atom stereocenters. The van der Waals surface area contributed by atoms with Gasteiger partial charge in [-0.05, 0) is 37.1 Å². The number of morpholine rings is 1. The van der Waals surface area contributed by atoms with E-state index in [9.17, 15) is 18.5 Å². The van der Waals surface area contributed by atoms with Gasteiger partial charge in [0.25, 0.3) is 5.91 Å². The molecule has 1 fully saturated rings. The van der Waals surface area contributed by atoms with Crippen LogP contribution in [0.5, 0.6) is 0 Å². The Kier molecular flexibility index (Phi) is 6.15. The molecule has 0 bridgehead atoms. The minimum Gasteiger partial charge on any atom is -0.379 e. The first kappa shape index (κ1) is 20.5. The van der Waals surface area contributed by atoms with Crippen LogP contribution in [0.2, 0.25) is 0 Å². The molecule has 0 radical (unpaired) electrons. The third-order valence-electron chi connectivity index (χ3n) is 4.52. The maximum absolute atomic E-state index is 13.0. The number of anilines is 1. The summed E-state index contributed by atoms with van der Waals surface area (Å²) in [5, 5.41) is 12.5. The molecule has 28 heavy (non-hydrogen) atoms. The van der Waals surface area contributed by atoms with Crippen LogP contribution in [0.25, 0.3) is 0 Å². The molecule has 1 aliphatic rings. The number of amides is 1. The van der Waals surface area contributed by atoms with Gasteiger partial charge < -0.3 is 10.1 Å². The highest BCUT2D eigenvalue weighted by Gasteiger charge is 2.28. The summed E-state index contributed by atoms with van der Waals surface area (Å²) in [4.78, 5) is 13.8. The molecule has 1 N–H and O–H groups in total. The van der Waals surface area contributed by atoms with Gasteiger partial charge in [0.2, 0.25) is 10.0 Å². The Morgan fingerprint density at radius 1 is 1.32 bits per heavy atom. The smallest absolute Gasteiger partial charge is 0.256 e. The molecule has 9 heteroatoms. The van der Waals surface area contributed by atoms with Crippen LogP contribution in [0.4, 0.5) is 5.00 Å². The summed E-state index contributed by atoms with van der Waals surface area (Å²) in [6, 6.07) is 8.44. The van der Waals surface area contributed by atoms with Crippen molar-refractivity contribution in [1.29, 1.82) is 5.26 Å². The fourth-order valence-electron chi connectivity index (χ4n) is 2.91. The summed E-state index contributed by atoms with van der Waals surface area (Å²) in [5.41, 5.74) is 1.21. The predicted octanol–water partition coefficient (Wildman–Crippen LogP) is 2.76. The molecular weight excluding hydrogens is 398 g/mol. The summed E-state index contributed by atoms with van der Waals surface area (Å²) >= 11 is 1.35. The molecule has 0 saturated carbocycles. The summed E-state index contributed by atoms with van der Waals surface area (Å²) in [5.74, 6) is -0.445. The number of benzene rings is 1. The zero-order valence-electron chi connectivity index (χ0n) is 15.7. The quantitative estimate of drug-likeness (QED) is 0.803. The third kappa shape index (κ3) is 4.10. The maximum Gasteiger partial charge on any atom is 0.256 e. The molecule has 0 aliphatic carbocycles. The molecule has 2 heterocycles. The molecule has 1 aliphatic heterocycles. The van der Waals surface area contributed by atoms with Crippen LogP contribution in [-0.4, -0.2) is 44.9 Å². The Morgan fingerprint density at radius 2 is 2.04 bits per heavy atom. The molecule has 2 aromatic rings. The molecule has 3 rings (SSSR count). The van der Waals surface area contributed by atoms with Crippen molar-refractivity contribution in [3.05, 3.63) is 45.8 Å². The van der Waals surface area contributed by atoms with Crippen LogP contribution in [0.3, 0.4) is 0 Å². The Labute approximate surface area is 168 Å². The van der Waals surface area contributed by atoms with E-state index in [0.717, 1.165) is 11.3 Å². The summed E-state index contributed by atoms with van der Waals surface area (Å²) < 4.78 is 32.6. The van der Waals surface area contributed by atoms with Crippen LogP contribution < -0.4 is 5.32 Å².